The summed E-state index contributed by atoms with van der Waals surface area (Å²) in [4.78, 5) is 32.8. The highest BCUT2D eigenvalue weighted by Gasteiger charge is 2.26. The molecule has 174 valence electrons. The quantitative estimate of drug-likeness (QED) is 0.344. The molecular formula is C22H23ClN4O5S. The lowest BCUT2D eigenvalue weighted by Gasteiger charge is -2.29. The highest BCUT2D eigenvalue weighted by atomic mass is 35.5. The highest BCUT2D eigenvalue weighted by molar-refractivity contribution is 7.22. The summed E-state index contributed by atoms with van der Waals surface area (Å²) in [5.74, 6) is 0.209. The van der Waals surface area contributed by atoms with Gasteiger partial charge in [-0.25, -0.2) is 4.98 Å². The van der Waals surface area contributed by atoms with E-state index in [4.69, 9.17) is 26.1 Å². The van der Waals surface area contributed by atoms with Crippen LogP contribution in [0.2, 0.25) is 5.02 Å². The molecule has 0 N–H and O–H groups in total. The van der Waals surface area contributed by atoms with Crippen LogP contribution in [0.25, 0.3) is 10.2 Å². The van der Waals surface area contributed by atoms with Gasteiger partial charge < -0.3 is 9.47 Å². The first-order valence-corrected chi connectivity index (χ1v) is 11.8. The monoisotopic (exact) mass is 490 g/mol. The number of benzene rings is 2. The number of rotatable bonds is 8. The van der Waals surface area contributed by atoms with E-state index in [2.05, 4.69) is 4.90 Å². The fourth-order valence-corrected chi connectivity index (χ4v) is 4.79. The Balaban J connectivity index is 1.71. The minimum Gasteiger partial charge on any atom is -0.492 e. The number of amides is 1. The summed E-state index contributed by atoms with van der Waals surface area (Å²) in [6.07, 6.45) is 0. The summed E-state index contributed by atoms with van der Waals surface area (Å²) in [5, 5.41) is 11.9. The number of carbonyl (C=O) groups is 1. The van der Waals surface area contributed by atoms with E-state index in [1.165, 1.54) is 29.5 Å². The molecule has 0 atom stereocenters. The molecule has 0 radical (unpaired) electrons. The summed E-state index contributed by atoms with van der Waals surface area (Å²) >= 11 is 7.65. The first-order chi connectivity index (χ1) is 16.0. The van der Waals surface area contributed by atoms with E-state index in [1.807, 2.05) is 25.1 Å². The Bertz CT molecular complexity index is 1160. The molecule has 1 aliphatic heterocycles. The average Bonchev–Trinajstić information content (AvgIpc) is 3.25. The molecule has 1 amide bonds. The second-order valence-electron chi connectivity index (χ2n) is 7.36. The molecule has 11 heteroatoms. The van der Waals surface area contributed by atoms with E-state index in [0.717, 1.165) is 17.8 Å². The summed E-state index contributed by atoms with van der Waals surface area (Å²) in [6, 6.07) is 9.51. The molecule has 0 bridgehead atoms. The number of non-ortho nitro benzene ring substituents is 1. The van der Waals surface area contributed by atoms with Crippen molar-refractivity contribution in [2.24, 2.45) is 0 Å². The molecule has 0 spiro atoms. The molecule has 2 heterocycles. The molecule has 1 fully saturated rings. The van der Waals surface area contributed by atoms with Gasteiger partial charge in [-0.2, -0.15) is 0 Å². The van der Waals surface area contributed by atoms with Crippen LogP contribution >= 0.6 is 22.9 Å². The highest BCUT2D eigenvalue weighted by Crippen LogP contribution is 2.35. The van der Waals surface area contributed by atoms with Crippen molar-refractivity contribution in [3.63, 3.8) is 0 Å². The zero-order valence-corrected chi connectivity index (χ0v) is 19.6. The van der Waals surface area contributed by atoms with Crippen molar-refractivity contribution in [1.82, 2.24) is 9.88 Å². The number of nitro benzene ring substituents is 1. The van der Waals surface area contributed by atoms with Gasteiger partial charge in [-0.3, -0.25) is 24.7 Å². The number of hydrogen-bond acceptors (Lipinski definition) is 8. The van der Waals surface area contributed by atoms with Crippen LogP contribution in [0.5, 0.6) is 5.75 Å². The lowest BCUT2D eigenvalue weighted by Crippen LogP contribution is -2.43. The maximum Gasteiger partial charge on any atom is 0.270 e. The second-order valence-corrected chi connectivity index (χ2v) is 8.78. The zero-order chi connectivity index (χ0) is 23.4. The maximum absolute atomic E-state index is 13.6. The van der Waals surface area contributed by atoms with Gasteiger partial charge in [0.15, 0.2) is 5.13 Å². The molecule has 0 saturated carbocycles. The fourth-order valence-electron chi connectivity index (χ4n) is 3.59. The normalized spacial score (nSPS) is 14.4. The van der Waals surface area contributed by atoms with E-state index in [0.29, 0.717) is 49.3 Å². The molecule has 3 aromatic rings. The summed E-state index contributed by atoms with van der Waals surface area (Å²) < 4.78 is 12.0. The minimum atomic E-state index is -0.544. The Morgan fingerprint density at radius 3 is 2.85 bits per heavy atom. The molecule has 0 unspecified atom stereocenters. The third kappa shape index (κ3) is 5.25. The predicted molar refractivity (Wildman–Crippen MR) is 128 cm³/mol. The van der Waals surface area contributed by atoms with E-state index in [-0.39, 0.29) is 16.3 Å². The van der Waals surface area contributed by atoms with Crippen LogP contribution in [0.15, 0.2) is 36.4 Å². The van der Waals surface area contributed by atoms with Crippen molar-refractivity contribution in [2.75, 3.05) is 50.9 Å². The van der Waals surface area contributed by atoms with Gasteiger partial charge in [0.25, 0.3) is 11.6 Å². The minimum absolute atomic E-state index is 0.0668. The van der Waals surface area contributed by atoms with Gasteiger partial charge >= 0.3 is 0 Å². The van der Waals surface area contributed by atoms with Gasteiger partial charge in [-0.1, -0.05) is 29.0 Å². The van der Waals surface area contributed by atoms with Crippen LogP contribution in [-0.4, -0.2) is 66.7 Å². The van der Waals surface area contributed by atoms with Crippen LogP contribution in [0.4, 0.5) is 10.8 Å². The molecule has 2 aromatic carbocycles. The van der Waals surface area contributed by atoms with Crippen molar-refractivity contribution in [3.8, 4) is 5.75 Å². The van der Waals surface area contributed by atoms with E-state index in [1.54, 1.807) is 4.90 Å². The van der Waals surface area contributed by atoms with E-state index in [9.17, 15) is 14.9 Å². The number of para-hydroxylation sites is 1. The molecule has 1 aliphatic rings. The van der Waals surface area contributed by atoms with Crippen molar-refractivity contribution in [2.45, 2.75) is 6.92 Å². The lowest BCUT2D eigenvalue weighted by molar-refractivity contribution is -0.384. The number of nitrogens with zero attached hydrogens (tertiary/aromatic N) is 4. The standard InChI is InChI=1S/C22H23ClN4O5S/c1-2-32-18-4-3-5-19-20(18)24-22(33-19)26(9-8-25-10-12-31-13-11-25)21(28)16-14-15(27(29)30)6-7-17(16)23/h3-7,14H,2,8-13H2,1H3. The largest absolute Gasteiger partial charge is 0.492 e. The maximum atomic E-state index is 13.6. The second kappa shape index (κ2) is 10.4. The van der Waals surface area contributed by atoms with Gasteiger partial charge in [0.05, 0.1) is 40.0 Å². The van der Waals surface area contributed by atoms with Crippen molar-refractivity contribution < 1.29 is 19.2 Å². The number of halogens is 1. The Hall–Kier alpha value is -2.79. The smallest absolute Gasteiger partial charge is 0.270 e. The third-order valence-corrected chi connectivity index (χ3v) is 6.65. The topological polar surface area (TPSA) is 98.0 Å². The van der Waals surface area contributed by atoms with Gasteiger partial charge in [0.1, 0.15) is 11.3 Å². The number of morpholine rings is 1. The number of thiazole rings is 1. The predicted octanol–water partition coefficient (Wildman–Crippen LogP) is 4.24. The number of ether oxygens (including phenoxy) is 2. The van der Waals surface area contributed by atoms with E-state index < -0.39 is 10.8 Å². The van der Waals surface area contributed by atoms with Crippen LogP contribution in [-0.2, 0) is 4.74 Å². The summed E-state index contributed by atoms with van der Waals surface area (Å²) in [5.41, 5.74) is 0.546. The molecule has 33 heavy (non-hydrogen) atoms. The van der Waals surface area contributed by atoms with Crippen molar-refractivity contribution in [1.29, 1.82) is 0 Å². The molecule has 1 aromatic heterocycles. The van der Waals surface area contributed by atoms with Gasteiger partial charge in [-0.15, -0.1) is 0 Å². The first-order valence-electron chi connectivity index (χ1n) is 10.6. The number of nitro groups is 1. The van der Waals surface area contributed by atoms with E-state index >= 15 is 0 Å². The Kier molecular flexibility index (Phi) is 7.39. The van der Waals surface area contributed by atoms with Crippen molar-refractivity contribution in [3.05, 3.63) is 57.1 Å². The Morgan fingerprint density at radius 1 is 1.33 bits per heavy atom. The van der Waals surface area contributed by atoms with Gasteiger partial charge in [0, 0.05) is 38.3 Å². The lowest BCUT2D eigenvalue weighted by atomic mass is 10.1. The molecule has 4 rings (SSSR count). The first kappa shape index (κ1) is 23.4. The summed E-state index contributed by atoms with van der Waals surface area (Å²) in [6.45, 7) is 6.18. The average molecular weight is 491 g/mol. The van der Waals surface area contributed by atoms with Crippen LogP contribution in [0, 0.1) is 10.1 Å². The molecule has 9 nitrogen and oxygen atoms in total. The molecule has 0 aliphatic carbocycles. The Morgan fingerprint density at radius 2 is 2.12 bits per heavy atom. The molecular weight excluding hydrogens is 468 g/mol. The summed E-state index contributed by atoms with van der Waals surface area (Å²) in [7, 11) is 0. The molecule has 1 saturated heterocycles. The SMILES string of the molecule is CCOc1cccc2sc(N(CCN3CCOCC3)C(=O)c3cc([N+](=O)[O-])ccc3Cl)nc12. The van der Waals surface area contributed by atoms with Crippen molar-refractivity contribution >= 4 is 49.9 Å². The fraction of sp³-hybridized carbons (Fsp3) is 0.364. The number of aromatic nitrogens is 1. The van der Waals surface area contributed by atoms with Gasteiger partial charge in [0.2, 0.25) is 0 Å². The van der Waals surface area contributed by atoms with Crippen LogP contribution in [0.3, 0.4) is 0 Å². The van der Waals surface area contributed by atoms with Crippen LogP contribution < -0.4 is 9.64 Å². The number of anilines is 1. The Labute approximate surface area is 199 Å². The van der Waals surface area contributed by atoms with Gasteiger partial charge in [-0.05, 0) is 25.1 Å². The zero-order valence-electron chi connectivity index (χ0n) is 18.0. The number of carbonyl (C=O) groups excluding carboxylic acids is 1. The van der Waals surface area contributed by atoms with Crippen LogP contribution in [0.1, 0.15) is 17.3 Å². The number of hydrogen-bond donors (Lipinski definition) is 0. The third-order valence-electron chi connectivity index (χ3n) is 5.28. The number of fused-ring (bicyclic) bond motifs is 1.